The second-order valence-corrected chi connectivity index (χ2v) is 4.40. The van der Waals surface area contributed by atoms with Gasteiger partial charge >= 0.3 is 6.61 Å². The van der Waals surface area contributed by atoms with Crippen molar-refractivity contribution in [2.75, 3.05) is 13.1 Å². The minimum atomic E-state index is -2.75. The average Bonchev–Trinajstić information content (AvgIpc) is 2.32. The van der Waals surface area contributed by atoms with Crippen molar-refractivity contribution in [1.29, 1.82) is 0 Å². The number of hydrogen-bond acceptors (Lipinski definition) is 2. The number of piperidine rings is 1. The fourth-order valence-corrected chi connectivity index (χ4v) is 2.38. The van der Waals surface area contributed by atoms with Crippen molar-refractivity contribution in [2.24, 2.45) is 0 Å². The van der Waals surface area contributed by atoms with Gasteiger partial charge in [-0.15, -0.1) is 0 Å². The SMILES string of the molecule is Cc1cccc(C2CCNCC2)c1OC(F)F. The molecule has 1 aromatic rings. The van der Waals surface area contributed by atoms with Crippen LogP contribution in [0.25, 0.3) is 0 Å². The molecule has 0 aromatic heterocycles. The Kier molecular flexibility index (Phi) is 3.94. The first-order valence-corrected chi connectivity index (χ1v) is 5.93. The van der Waals surface area contributed by atoms with Crippen LogP contribution in [-0.4, -0.2) is 19.7 Å². The maximum absolute atomic E-state index is 12.4. The lowest BCUT2D eigenvalue weighted by Crippen LogP contribution is -2.27. The molecule has 94 valence electrons. The molecule has 0 radical (unpaired) electrons. The quantitative estimate of drug-likeness (QED) is 0.878. The van der Waals surface area contributed by atoms with Crippen LogP contribution < -0.4 is 10.1 Å². The van der Waals surface area contributed by atoms with E-state index in [2.05, 4.69) is 10.1 Å². The number of nitrogens with one attached hydrogen (secondary N) is 1. The zero-order chi connectivity index (χ0) is 12.3. The largest absolute Gasteiger partial charge is 0.434 e. The third-order valence-corrected chi connectivity index (χ3v) is 3.23. The van der Waals surface area contributed by atoms with Gasteiger partial charge in [-0.05, 0) is 49.9 Å². The minimum absolute atomic E-state index is 0.324. The van der Waals surface area contributed by atoms with Crippen LogP contribution in [0.15, 0.2) is 18.2 Å². The molecule has 1 aliphatic rings. The van der Waals surface area contributed by atoms with Gasteiger partial charge in [0.15, 0.2) is 0 Å². The molecule has 1 heterocycles. The van der Waals surface area contributed by atoms with Gasteiger partial charge in [0.25, 0.3) is 0 Å². The van der Waals surface area contributed by atoms with Gasteiger partial charge in [-0.2, -0.15) is 8.78 Å². The van der Waals surface area contributed by atoms with Crippen molar-refractivity contribution in [3.63, 3.8) is 0 Å². The molecular formula is C13H17F2NO. The van der Waals surface area contributed by atoms with E-state index in [4.69, 9.17) is 0 Å². The lowest BCUT2D eigenvalue weighted by molar-refractivity contribution is -0.0511. The monoisotopic (exact) mass is 241 g/mol. The molecule has 2 nitrogen and oxygen atoms in total. The molecule has 1 fully saturated rings. The Morgan fingerprint density at radius 1 is 1.29 bits per heavy atom. The molecule has 0 aliphatic carbocycles. The number of benzene rings is 1. The summed E-state index contributed by atoms with van der Waals surface area (Å²) in [6.07, 6.45) is 1.95. The van der Waals surface area contributed by atoms with Crippen LogP contribution >= 0.6 is 0 Å². The zero-order valence-corrected chi connectivity index (χ0v) is 9.88. The van der Waals surface area contributed by atoms with E-state index in [1.54, 1.807) is 0 Å². The van der Waals surface area contributed by atoms with Crippen molar-refractivity contribution in [2.45, 2.75) is 32.3 Å². The number of ether oxygens (including phenoxy) is 1. The van der Waals surface area contributed by atoms with E-state index >= 15 is 0 Å². The standard InChI is InChI=1S/C13H17F2NO/c1-9-3-2-4-11(12(9)17-13(14)15)10-5-7-16-8-6-10/h2-4,10,13,16H,5-8H2,1H3. The van der Waals surface area contributed by atoms with Crippen molar-refractivity contribution in [3.8, 4) is 5.75 Å². The number of aryl methyl sites for hydroxylation is 1. The highest BCUT2D eigenvalue weighted by atomic mass is 19.3. The van der Waals surface area contributed by atoms with Crippen LogP contribution in [0.2, 0.25) is 0 Å². The van der Waals surface area contributed by atoms with E-state index in [-0.39, 0.29) is 0 Å². The highest BCUT2D eigenvalue weighted by Crippen LogP contribution is 2.35. The Morgan fingerprint density at radius 3 is 2.65 bits per heavy atom. The summed E-state index contributed by atoms with van der Waals surface area (Å²) in [6, 6.07) is 5.62. The average molecular weight is 241 g/mol. The summed E-state index contributed by atoms with van der Waals surface area (Å²) >= 11 is 0. The molecule has 1 aromatic carbocycles. The van der Waals surface area contributed by atoms with Gasteiger partial charge < -0.3 is 10.1 Å². The predicted molar refractivity (Wildman–Crippen MR) is 62.7 cm³/mol. The zero-order valence-electron chi connectivity index (χ0n) is 9.88. The molecule has 17 heavy (non-hydrogen) atoms. The molecule has 0 atom stereocenters. The summed E-state index contributed by atoms with van der Waals surface area (Å²) in [6.45, 7) is 0.929. The molecule has 0 saturated carbocycles. The number of hydrogen-bond donors (Lipinski definition) is 1. The number of alkyl halides is 2. The Balaban J connectivity index is 2.27. The molecule has 1 N–H and O–H groups in total. The number of para-hydroxylation sites is 1. The summed E-state index contributed by atoms with van der Waals surface area (Å²) in [5.41, 5.74) is 1.70. The van der Waals surface area contributed by atoms with E-state index in [0.717, 1.165) is 37.1 Å². The minimum Gasteiger partial charge on any atom is -0.434 e. The lowest BCUT2D eigenvalue weighted by Gasteiger charge is -2.25. The Hall–Kier alpha value is -1.16. The maximum Gasteiger partial charge on any atom is 0.387 e. The normalized spacial score (nSPS) is 17.4. The van der Waals surface area contributed by atoms with Crippen molar-refractivity contribution < 1.29 is 13.5 Å². The van der Waals surface area contributed by atoms with E-state index in [0.29, 0.717) is 11.7 Å². The van der Waals surface area contributed by atoms with Crippen LogP contribution in [-0.2, 0) is 0 Å². The molecule has 1 saturated heterocycles. The van der Waals surface area contributed by atoms with Gasteiger partial charge in [-0.3, -0.25) is 0 Å². The second-order valence-electron chi connectivity index (χ2n) is 4.40. The van der Waals surface area contributed by atoms with Crippen LogP contribution in [0.5, 0.6) is 5.75 Å². The van der Waals surface area contributed by atoms with E-state index < -0.39 is 6.61 Å². The molecule has 0 spiro atoms. The van der Waals surface area contributed by atoms with Crippen molar-refractivity contribution in [3.05, 3.63) is 29.3 Å². The first-order chi connectivity index (χ1) is 8.18. The molecule has 2 rings (SSSR count). The Bertz CT molecular complexity index is 376. The van der Waals surface area contributed by atoms with Gasteiger partial charge in [-0.1, -0.05) is 18.2 Å². The van der Waals surface area contributed by atoms with Gasteiger partial charge in [0, 0.05) is 0 Å². The molecule has 1 aliphatic heterocycles. The second kappa shape index (κ2) is 5.45. The summed E-state index contributed by atoms with van der Waals surface area (Å²) < 4.78 is 29.5. The number of rotatable bonds is 3. The first kappa shape index (κ1) is 12.3. The molecule has 0 unspecified atom stereocenters. The number of halogens is 2. The van der Waals surface area contributed by atoms with Crippen LogP contribution in [0, 0.1) is 6.92 Å². The summed E-state index contributed by atoms with van der Waals surface area (Å²) in [5.74, 6) is 0.694. The van der Waals surface area contributed by atoms with Gasteiger partial charge in [0.05, 0.1) is 0 Å². The third kappa shape index (κ3) is 2.94. The van der Waals surface area contributed by atoms with Crippen molar-refractivity contribution in [1.82, 2.24) is 5.32 Å². The lowest BCUT2D eigenvalue weighted by atomic mass is 9.88. The molecule has 0 amide bonds. The molecular weight excluding hydrogens is 224 g/mol. The van der Waals surface area contributed by atoms with Gasteiger partial charge in [0.2, 0.25) is 0 Å². The topological polar surface area (TPSA) is 21.3 Å². The first-order valence-electron chi connectivity index (χ1n) is 5.93. The highest BCUT2D eigenvalue weighted by Gasteiger charge is 2.21. The van der Waals surface area contributed by atoms with Crippen LogP contribution in [0.3, 0.4) is 0 Å². The maximum atomic E-state index is 12.4. The Morgan fingerprint density at radius 2 is 2.00 bits per heavy atom. The van der Waals surface area contributed by atoms with Crippen LogP contribution in [0.1, 0.15) is 29.9 Å². The smallest absolute Gasteiger partial charge is 0.387 e. The molecule has 0 bridgehead atoms. The Labute approximate surface area is 100.0 Å². The third-order valence-electron chi connectivity index (χ3n) is 3.23. The van der Waals surface area contributed by atoms with E-state index in [9.17, 15) is 8.78 Å². The van der Waals surface area contributed by atoms with Gasteiger partial charge in [-0.25, -0.2) is 0 Å². The van der Waals surface area contributed by atoms with Gasteiger partial charge in [0.1, 0.15) is 5.75 Å². The summed E-state index contributed by atoms with van der Waals surface area (Å²) in [7, 11) is 0. The summed E-state index contributed by atoms with van der Waals surface area (Å²) in [5, 5.41) is 3.27. The van der Waals surface area contributed by atoms with Crippen molar-refractivity contribution >= 4 is 0 Å². The van der Waals surface area contributed by atoms with Crippen LogP contribution in [0.4, 0.5) is 8.78 Å². The fourth-order valence-electron chi connectivity index (χ4n) is 2.38. The van der Waals surface area contributed by atoms with E-state index in [1.165, 1.54) is 0 Å². The fraction of sp³-hybridized carbons (Fsp3) is 0.538. The predicted octanol–water partition coefficient (Wildman–Crippen LogP) is 3.06. The molecule has 4 heteroatoms. The van der Waals surface area contributed by atoms with E-state index in [1.807, 2.05) is 25.1 Å². The summed E-state index contributed by atoms with van der Waals surface area (Å²) in [4.78, 5) is 0. The highest BCUT2D eigenvalue weighted by molar-refractivity contribution is 5.43.